The zero-order valence-electron chi connectivity index (χ0n) is 34.8. The summed E-state index contributed by atoms with van der Waals surface area (Å²) in [5.41, 5.74) is 17.0. The summed E-state index contributed by atoms with van der Waals surface area (Å²) in [6.07, 6.45) is 6.90. The molecule has 0 amide bonds. The van der Waals surface area contributed by atoms with Gasteiger partial charge in [0.15, 0.2) is 0 Å². The fourth-order valence-electron chi connectivity index (χ4n) is 8.36. The van der Waals surface area contributed by atoms with Crippen molar-refractivity contribution in [3.63, 3.8) is 0 Å². The molecule has 0 nitrogen and oxygen atoms in total. The molecule has 2 radical (unpaired) electrons. The summed E-state index contributed by atoms with van der Waals surface area (Å²) < 4.78 is 0. The first kappa shape index (κ1) is 43.8. The molecule has 0 fully saturated rings. The van der Waals surface area contributed by atoms with Gasteiger partial charge in [0, 0.05) is 0 Å². The van der Waals surface area contributed by atoms with Crippen LogP contribution in [-0.4, -0.2) is 9.52 Å². The van der Waals surface area contributed by atoms with Gasteiger partial charge in [-0.15, -0.1) is 74.6 Å². The smallest absolute Gasteiger partial charge is 0.0920 e. The van der Waals surface area contributed by atoms with Crippen molar-refractivity contribution in [2.45, 2.75) is 80.1 Å². The maximum absolute atomic E-state index is 4.93. The Bertz CT molecular complexity index is 2400. The van der Waals surface area contributed by atoms with Gasteiger partial charge in [-0.3, -0.25) is 0 Å². The van der Waals surface area contributed by atoms with Gasteiger partial charge in [-0.25, -0.2) is 0 Å². The Balaban J connectivity index is 0.000000145. The molecule has 0 atom stereocenters. The number of rotatable bonds is 8. The van der Waals surface area contributed by atoms with Gasteiger partial charge in [0.1, 0.15) is 0 Å². The Hall–Kier alpha value is -3.78. The van der Waals surface area contributed by atoms with E-state index in [1.165, 1.54) is 124 Å². The van der Waals surface area contributed by atoms with E-state index in [0.717, 1.165) is 22.4 Å². The third kappa shape index (κ3) is 10.1. The maximum Gasteiger partial charge on any atom is 0.0920 e. The molecular formula is C54H53Cl2SiZr-3. The van der Waals surface area contributed by atoms with Crippen LogP contribution in [-0.2, 0) is 46.5 Å². The number of hydrogen-bond acceptors (Lipinski definition) is 0. The summed E-state index contributed by atoms with van der Waals surface area (Å²) in [4.78, 5) is 0. The van der Waals surface area contributed by atoms with Crippen LogP contribution in [0.5, 0.6) is 0 Å². The predicted molar refractivity (Wildman–Crippen MR) is 254 cm³/mol. The van der Waals surface area contributed by atoms with Crippen LogP contribution >= 0.6 is 17.0 Å². The van der Waals surface area contributed by atoms with E-state index >= 15 is 0 Å². The topological polar surface area (TPSA) is 0 Å². The molecule has 9 rings (SSSR count). The van der Waals surface area contributed by atoms with Crippen LogP contribution in [0.15, 0.2) is 140 Å². The van der Waals surface area contributed by atoms with E-state index in [4.69, 9.17) is 17.0 Å². The number of fused-ring (bicyclic) bond motifs is 5. The van der Waals surface area contributed by atoms with E-state index in [0.29, 0.717) is 0 Å². The number of halogens is 2. The van der Waals surface area contributed by atoms with Crippen molar-refractivity contribution in [3.05, 3.63) is 179 Å². The van der Waals surface area contributed by atoms with E-state index in [1.807, 2.05) is 6.07 Å². The van der Waals surface area contributed by atoms with Crippen molar-refractivity contribution in [2.24, 2.45) is 0 Å². The van der Waals surface area contributed by atoms with Gasteiger partial charge >= 0.3 is 37.9 Å². The number of benzene rings is 6. The minimum Gasteiger partial charge on any atom is -0.184 e. The molecule has 0 aliphatic carbocycles. The summed E-state index contributed by atoms with van der Waals surface area (Å²) in [7, 11) is 10.7. The fraction of sp³-hybridized carbons (Fsp3) is 0.222. The molecule has 0 bridgehead atoms. The molecule has 0 saturated heterocycles. The molecule has 0 aromatic heterocycles. The van der Waals surface area contributed by atoms with Crippen molar-refractivity contribution in [1.29, 1.82) is 0 Å². The van der Waals surface area contributed by atoms with Crippen LogP contribution in [0, 0.1) is 19.9 Å². The van der Waals surface area contributed by atoms with Crippen LogP contribution in [0.3, 0.4) is 0 Å². The molecule has 0 saturated carbocycles. The molecule has 58 heavy (non-hydrogen) atoms. The van der Waals surface area contributed by atoms with E-state index in [9.17, 15) is 0 Å². The Kier molecular flexibility index (Phi) is 16.2. The van der Waals surface area contributed by atoms with Crippen molar-refractivity contribution in [3.8, 4) is 33.4 Å². The van der Waals surface area contributed by atoms with Crippen molar-refractivity contribution < 1.29 is 20.8 Å². The first-order valence-corrected chi connectivity index (χ1v) is 28.1. The van der Waals surface area contributed by atoms with Gasteiger partial charge in [0.05, 0.1) is 9.52 Å². The van der Waals surface area contributed by atoms with Crippen LogP contribution in [0.25, 0.3) is 54.9 Å². The molecule has 0 spiro atoms. The Labute approximate surface area is 368 Å². The molecule has 1 heterocycles. The van der Waals surface area contributed by atoms with Crippen LogP contribution < -0.4 is 10.4 Å². The minimum absolute atomic E-state index is 0.795. The van der Waals surface area contributed by atoms with E-state index < -0.39 is 20.8 Å². The quantitative estimate of drug-likeness (QED) is 0.105. The summed E-state index contributed by atoms with van der Waals surface area (Å²) in [5.74, 6) is 0. The third-order valence-electron chi connectivity index (χ3n) is 11.1. The monoisotopic (exact) mass is 889 g/mol. The van der Waals surface area contributed by atoms with Crippen LogP contribution in [0.2, 0.25) is 0 Å². The first-order valence-electron chi connectivity index (χ1n) is 20.7. The molecule has 0 unspecified atom stereocenters. The van der Waals surface area contributed by atoms with Crippen LogP contribution in [0.1, 0.15) is 73.9 Å². The molecule has 294 valence electrons. The average molecular weight is 892 g/mol. The first-order chi connectivity index (χ1) is 28.3. The molecule has 1 aliphatic rings. The Morgan fingerprint density at radius 3 is 1.48 bits per heavy atom. The van der Waals surface area contributed by atoms with E-state index in [-0.39, 0.29) is 0 Å². The zero-order chi connectivity index (χ0) is 41.0. The largest absolute Gasteiger partial charge is 0.184 e. The van der Waals surface area contributed by atoms with Crippen molar-refractivity contribution in [2.75, 3.05) is 0 Å². The molecular weight excluding hydrogens is 839 g/mol. The van der Waals surface area contributed by atoms with E-state index in [2.05, 4.69) is 181 Å². The zero-order valence-corrected chi connectivity index (χ0v) is 39.7. The molecule has 0 N–H and O–H groups in total. The maximum atomic E-state index is 4.93. The van der Waals surface area contributed by atoms with Gasteiger partial charge in [-0.2, -0.15) is 41.6 Å². The van der Waals surface area contributed by atoms with Crippen LogP contribution in [0.4, 0.5) is 0 Å². The number of aryl methyl sites for hydroxylation is 6. The summed E-state index contributed by atoms with van der Waals surface area (Å²) >= 11 is -0.826. The molecule has 8 aromatic carbocycles. The van der Waals surface area contributed by atoms with Gasteiger partial charge in [-0.1, -0.05) is 146 Å². The average Bonchev–Trinajstić information content (AvgIpc) is 3.97. The second-order valence-electron chi connectivity index (χ2n) is 15.0. The Morgan fingerprint density at radius 1 is 0.552 bits per heavy atom. The van der Waals surface area contributed by atoms with Gasteiger partial charge in [0.25, 0.3) is 0 Å². The minimum atomic E-state index is -0.826. The second kappa shape index (κ2) is 21.5. The van der Waals surface area contributed by atoms with Gasteiger partial charge in [-0.05, 0) is 61.8 Å². The van der Waals surface area contributed by atoms with E-state index in [1.54, 1.807) is 0 Å². The summed E-state index contributed by atoms with van der Waals surface area (Å²) in [6.45, 7) is 13.4. The standard InChI is InChI=1S/2C21H23.C12H7Si.2ClH.Zr/c2*1-4-8-16-13-18-12-11-15(3)21(20(18)14-16)19-10-7-6-9-17(19)5-2;1-3-7-11-9(5-1)10-6-2-4-8-12(10)13-11;;;/h2*6-7,9-14H,4-5,8H2,1-3H3;1-7H;2*1H;/q3*-1;;;+2/p-2. The molecule has 1 aliphatic heterocycles. The third-order valence-corrected chi connectivity index (χ3v) is 12.4. The predicted octanol–water partition coefficient (Wildman–Crippen LogP) is 14.6. The number of hydrogen-bond donors (Lipinski definition) is 0. The fourth-order valence-corrected chi connectivity index (χ4v) is 9.67. The SMILES string of the molecule is CCCc1cc2c(-c3ccccc3CC)c(C)ccc2[cH-]1.CCCc1cc2c(-c3ccccc3CC)c(C)ccc2[cH-]1.[Cl][Zr][Cl].[c-]1cccc2c1[Si]c1ccccc1-2. The summed E-state index contributed by atoms with van der Waals surface area (Å²) in [5, 5.41) is 8.41. The molecule has 8 aromatic rings. The van der Waals surface area contributed by atoms with Gasteiger partial charge in [0.2, 0.25) is 0 Å². The summed E-state index contributed by atoms with van der Waals surface area (Å²) in [6, 6.07) is 54.4. The van der Waals surface area contributed by atoms with Gasteiger partial charge < -0.3 is 0 Å². The normalized spacial score (nSPS) is 11.1. The molecule has 4 heteroatoms. The second-order valence-corrected chi connectivity index (χ2v) is 20.0. The van der Waals surface area contributed by atoms with Crippen molar-refractivity contribution >= 4 is 58.5 Å². The van der Waals surface area contributed by atoms with Crippen molar-refractivity contribution in [1.82, 2.24) is 0 Å². The Morgan fingerprint density at radius 2 is 1.00 bits per heavy atom.